The van der Waals surface area contributed by atoms with Crippen molar-refractivity contribution in [2.24, 2.45) is 17.8 Å². The molecule has 0 aromatic heterocycles. The minimum atomic E-state index is -0.474. The Morgan fingerprint density at radius 3 is 2.64 bits per heavy atom. The van der Waals surface area contributed by atoms with Crippen molar-refractivity contribution in [1.29, 1.82) is 0 Å². The molecule has 9 atom stereocenters. The second-order valence-electron chi connectivity index (χ2n) is 9.62. The van der Waals surface area contributed by atoms with Crippen molar-refractivity contribution in [3.8, 4) is 0 Å². The van der Waals surface area contributed by atoms with E-state index >= 15 is 0 Å². The maximum atomic E-state index is 9.94. The maximum absolute atomic E-state index is 9.94. The lowest BCUT2D eigenvalue weighted by Gasteiger charge is -2.34. The highest BCUT2D eigenvalue weighted by Gasteiger charge is 2.62. The summed E-state index contributed by atoms with van der Waals surface area (Å²) >= 11 is 0. The zero-order valence-corrected chi connectivity index (χ0v) is 18.6. The summed E-state index contributed by atoms with van der Waals surface area (Å²) in [6.07, 6.45) is 12.8. The van der Waals surface area contributed by atoms with Gasteiger partial charge in [-0.3, -0.25) is 0 Å². The third-order valence-electron chi connectivity index (χ3n) is 7.23. The molecule has 2 aliphatic heterocycles. The molecule has 0 radical (unpaired) electrons. The largest absolute Gasteiger partial charge is 0.391 e. The molecular formula is C24H40O4. The molecule has 1 saturated carbocycles. The number of allylic oxidation sites excluding steroid dienone is 3. The predicted molar refractivity (Wildman–Crippen MR) is 112 cm³/mol. The van der Waals surface area contributed by atoms with Crippen LogP contribution in [0.15, 0.2) is 23.8 Å². The van der Waals surface area contributed by atoms with E-state index < -0.39 is 6.10 Å². The summed E-state index contributed by atoms with van der Waals surface area (Å²) in [4.78, 5) is 0. The molecule has 1 N–H and O–H groups in total. The Kier molecular flexibility index (Phi) is 7.07. The normalized spacial score (nSPS) is 42.1. The predicted octanol–water partition coefficient (Wildman–Crippen LogP) is 4.66. The SMILES string of the molecule is COC(C(C)O)C(C)C1OC12CCC(/C=C/C=C(\C)C1OC(C)CCC1C)C2. The number of hydrogen-bond donors (Lipinski definition) is 1. The van der Waals surface area contributed by atoms with Crippen LogP contribution in [0, 0.1) is 17.8 Å². The maximum Gasteiger partial charge on any atom is 0.0958 e. The highest BCUT2D eigenvalue weighted by atomic mass is 16.6. The molecule has 3 rings (SSSR count). The van der Waals surface area contributed by atoms with Crippen LogP contribution in [0.4, 0.5) is 0 Å². The van der Waals surface area contributed by atoms with Gasteiger partial charge in [-0.15, -0.1) is 0 Å². The fourth-order valence-electron chi connectivity index (χ4n) is 5.55. The number of hydrogen-bond acceptors (Lipinski definition) is 4. The Morgan fingerprint density at radius 2 is 1.96 bits per heavy atom. The number of epoxide rings is 1. The van der Waals surface area contributed by atoms with Gasteiger partial charge in [0.25, 0.3) is 0 Å². The molecule has 4 heteroatoms. The lowest BCUT2D eigenvalue weighted by molar-refractivity contribution is -0.0498. The number of ether oxygens (including phenoxy) is 3. The van der Waals surface area contributed by atoms with Crippen molar-refractivity contribution in [3.05, 3.63) is 23.8 Å². The van der Waals surface area contributed by atoms with E-state index in [0.29, 0.717) is 17.9 Å². The molecule has 4 nitrogen and oxygen atoms in total. The average molecular weight is 393 g/mol. The van der Waals surface area contributed by atoms with Crippen LogP contribution in [0.1, 0.15) is 66.7 Å². The third-order valence-corrected chi connectivity index (χ3v) is 7.23. The molecule has 1 spiro atoms. The lowest BCUT2D eigenvalue weighted by Crippen LogP contribution is -2.36. The third kappa shape index (κ3) is 4.72. The number of rotatable bonds is 7. The summed E-state index contributed by atoms with van der Waals surface area (Å²) in [5.41, 5.74) is 1.34. The second-order valence-corrected chi connectivity index (χ2v) is 9.62. The van der Waals surface area contributed by atoms with Gasteiger partial charge in [0.05, 0.1) is 36.1 Å². The quantitative estimate of drug-likeness (QED) is 0.506. The molecule has 1 aliphatic carbocycles. The fourth-order valence-corrected chi connectivity index (χ4v) is 5.55. The standard InChI is InChI=1S/C24H40O4/c1-15(21-16(2)10-11-17(3)27-21)8-7-9-20-12-13-24(14-20)23(28-24)18(4)22(26-6)19(5)25/h7-9,16-23,25H,10-14H2,1-6H3/b9-7+,15-8+. The van der Waals surface area contributed by atoms with Crippen LogP contribution in [-0.2, 0) is 14.2 Å². The minimum absolute atomic E-state index is 0.00921. The fraction of sp³-hybridized carbons (Fsp3) is 0.833. The summed E-state index contributed by atoms with van der Waals surface area (Å²) in [7, 11) is 1.68. The number of aliphatic hydroxyl groups excluding tert-OH is 1. The van der Waals surface area contributed by atoms with Crippen molar-refractivity contribution in [2.45, 2.75) is 103 Å². The molecule has 28 heavy (non-hydrogen) atoms. The summed E-state index contributed by atoms with van der Waals surface area (Å²) in [5.74, 6) is 1.37. The van der Waals surface area contributed by atoms with E-state index in [9.17, 15) is 5.11 Å². The molecule has 0 aromatic carbocycles. The molecule has 2 saturated heterocycles. The Bertz CT molecular complexity index is 583. The van der Waals surface area contributed by atoms with Gasteiger partial charge in [0.15, 0.2) is 0 Å². The van der Waals surface area contributed by atoms with Gasteiger partial charge >= 0.3 is 0 Å². The first-order valence-electron chi connectivity index (χ1n) is 11.2. The average Bonchev–Trinajstić information content (AvgIpc) is 3.20. The van der Waals surface area contributed by atoms with Crippen LogP contribution in [0.2, 0.25) is 0 Å². The molecule has 9 unspecified atom stereocenters. The van der Waals surface area contributed by atoms with E-state index in [0.717, 1.165) is 12.8 Å². The van der Waals surface area contributed by atoms with Gasteiger partial charge in [-0.2, -0.15) is 0 Å². The van der Waals surface area contributed by atoms with Crippen LogP contribution in [0.25, 0.3) is 0 Å². The molecule has 0 aromatic rings. The van der Waals surface area contributed by atoms with E-state index in [1.807, 2.05) is 0 Å². The van der Waals surface area contributed by atoms with Gasteiger partial charge in [-0.1, -0.05) is 32.1 Å². The number of aliphatic hydroxyl groups is 1. The van der Waals surface area contributed by atoms with Crippen LogP contribution in [0.3, 0.4) is 0 Å². The van der Waals surface area contributed by atoms with Crippen molar-refractivity contribution in [3.63, 3.8) is 0 Å². The van der Waals surface area contributed by atoms with Gasteiger partial charge < -0.3 is 19.3 Å². The molecular weight excluding hydrogens is 352 g/mol. The van der Waals surface area contributed by atoms with Gasteiger partial charge in [0, 0.05) is 13.0 Å². The first-order valence-corrected chi connectivity index (χ1v) is 11.2. The molecule has 0 amide bonds. The van der Waals surface area contributed by atoms with Crippen LogP contribution < -0.4 is 0 Å². The zero-order chi connectivity index (χ0) is 20.5. The van der Waals surface area contributed by atoms with Crippen LogP contribution >= 0.6 is 0 Å². The zero-order valence-electron chi connectivity index (χ0n) is 18.6. The first-order chi connectivity index (χ1) is 13.3. The van der Waals surface area contributed by atoms with E-state index in [4.69, 9.17) is 14.2 Å². The van der Waals surface area contributed by atoms with E-state index in [1.54, 1.807) is 14.0 Å². The Hall–Kier alpha value is -0.680. The monoisotopic (exact) mass is 392 g/mol. The van der Waals surface area contributed by atoms with E-state index in [2.05, 4.69) is 45.9 Å². The minimum Gasteiger partial charge on any atom is -0.391 e. The van der Waals surface area contributed by atoms with Gasteiger partial charge in [0.2, 0.25) is 0 Å². The van der Waals surface area contributed by atoms with Gasteiger partial charge in [0.1, 0.15) is 0 Å². The van der Waals surface area contributed by atoms with Crippen molar-refractivity contribution in [2.75, 3.05) is 7.11 Å². The van der Waals surface area contributed by atoms with Crippen molar-refractivity contribution < 1.29 is 19.3 Å². The molecule has 2 heterocycles. The summed E-state index contributed by atoms with van der Waals surface area (Å²) in [6.45, 7) is 10.6. The Morgan fingerprint density at radius 1 is 1.21 bits per heavy atom. The first kappa shape index (κ1) is 22.0. The van der Waals surface area contributed by atoms with E-state index in [-0.39, 0.29) is 29.8 Å². The van der Waals surface area contributed by atoms with Crippen molar-refractivity contribution in [1.82, 2.24) is 0 Å². The van der Waals surface area contributed by atoms with Crippen LogP contribution in [-0.4, -0.2) is 48.3 Å². The summed E-state index contributed by atoms with van der Waals surface area (Å²) in [5, 5.41) is 9.94. The van der Waals surface area contributed by atoms with Gasteiger partial charge in [-0.25, -0.2) is 0 Å². The summed E-state index contributed by atoms with van der Waals surface area (Å²) < 4.78 is 17.8. The van der Waals surface area contributed by atoms with E-state index in [1.165, 1.54) is 24.8 Å². The summed E-state index contributed by atoms with van der Waals surface area (Å²) in [6, 6.07) is 0. The van der Waals surface area contributed by atoms with Crippen LogP contribution in [0.5, 0.6) is 0 Å². The Balaban J connectivity index is 1.52. The van der Waals surface area contributed by atoms with Crippen molar-refractivity contribution >= 4 is 0 Å². The molecule has 3 fully saturated rings. The molecule has 160 valence electrons. The molecule has 0 bridgehead atoms. The second kappa shape index (κ2) is 8.99. The Labute approximate surface area is 171 Å². The van der Waals surface area contributed by atoms with Gasteiger partial charge in [-0.05, 0) is 70.3 Å². The lowest BCUT2D eigenvalue weighted by atomic mass is 9.88. The topological polar surface area (TPSA) is 51.2 Å². The molecule has 3 aliphatic rings. The smallest absolute Gasteiger partial charge is 0.0958 e. The highest BCUT2D eigenvalue weighted by Crippen LogP contribution is 2.55. The number of methoxy groups -OCH3 is 1. The highest BCUT2D eigenvalue weighted by molar-refractivity contribution is 5.19.